The highest BCUT2D eigenvalue weighted by Gasteiger charge is 2.20. The predicted octanol–water partition coefficient (Wildman–Crippen LogP) is 4.83. The highest BCUT2D eigenvalue weighted by Crippen LogP contribution is 2.27. The summed E-state index contributed by atoms with van der Waals surface area (Å²) in [4.78, 5) is 26.2. The number of nitrogens with one attached hydrogen (secondary N) is 2. The molecule has 0 aliphatic carbocycles. The van der Waals surface area contributed by atoms with Crippen LogP contribution in [0.15, 0.2) is 83.8 Å². The Hall–Kier alpha value is -3.25. The van der Waals surface area contributed by atoms with Crippen LogP contribution in [0.2, 0.25) is 0 Å². The minimum atomic E-state index is -0.322. The molecule has 6 heteroatoms. The normalized spacial score (nSPS) is 11.6. The van der Waals surface area contributed by atoms with Crippen molar-refractivity contribution in [2.75, 3.05) is 12.9 Å². The van der Waals surface area contributed by atoms with E-state index in [1.165, 1.54) is 11.8 Å². The van der Waals surface area contributed by atoms with Gasteiger partial charge in [0.1, 0.15) is 5.75 Å². The number of hydrogen-bond donors (Lipinski definition) is 2. The second-order valence-corrected chi connectivity index (χ2v) is 8.61. The minimum Gasteiger partial charge on any atom is -0.497 e. The maximum absolute atomic E-state index is 13.3. The van der Waals surface area contributed by atoms with Gasteiger partial charge in [-0.2, -0.15) is 0 Å². The smallest absolute Gasteiger partial charge is 0.253 e. The van der Waals surface area contributed by atoms with Crippen LogP contribution in [-0.2, 0) is 4.79 Å². The molecule has 0 bridgehead atoms. The monoisotopic (exact) mass is 448 g/mol. The lowest BCUT2D eigenvalue weighted by atomic mass is 9.98. The van der Waals surface area contributed by atoms with Crippen LogP contribution in [0.4, 0.5) is 0 Å². The van der Waals surface area contributed by atoms with Gasteiger partial charge >= 0.3 is 0 Å². The molecular formula is C26H28N2O3S. The van der Waals surface area contributed by atoms with E-state index in [-0.39, 0.29) is 29.7 Å². The van der Waals surface area contributed by atoms with Gasteiger partial charge in [-0.05, 0) is 49.2 Å². The largest absolute Gasteiger partial charge is 0.497 e. The molecule has 0 aliphatic heterocycles. The highest BCUT2D eigenvalue weighted by atomic mass is 32.2. The Morgan fingerprint density at radius 2 is 1.47 bits per heavy atom. The molecule has 2 amide bonds. The van der Waals surface area contributed by atoms with E-state index in [4.69, 9.17) is 4.74 Å². The molecule has 0 saturated heterocycles. The van der Waals surface area contributed by atoms with Gasteiger partial charge in [-0.3, -0.25) is 9.59 Å². The third kappa shape index (κ3) is 6.37. The van der Waals surface area contributed by atoms with E-state index in [1.54, 1.807) is 13.2 Å². The Morgan fingerprint density at radius 1 is 0.844 bits per heavy atom. The first kappa shape index (κ1) is 23.4. The van der Waals surface area contributed by atoms with Crippen molar-refractivity contribution in [2.45, 2.75) is 30.8 Å². The number of ether oxygens (including phenoxy) is 1. The van der Waals surface area contributed by atoms with Crippen LogP contribution in [0.3, 0.4) is 0 Å². The minimum absolute atomic E-state index is 0.0550. The molecule has 3 rings (SSSR count). The van der Waals surface area contributed by atoms with E-state index < -0.39 is 0 Å². The number of carbonyl (C=O) groups excluding carboxylic acids is 2. The molecule has 3 aromatic carbocycles. The summed E-state index contributed by atoms with van der Waals surface area (Å²) in [5, 5.41) is 6.05. The van der Waals surface area contributed by atoms with Crippen LogP contribution in [-0.4, -0.2) is 30.7 Å². The number of amides is 2. The summed E-state index contributed by atoms with van der Waals surface area (Å²) in [5.41, 5.74) is 2.48. The summed E-state index contributed by atoms with van der Waals surface area (Å²) in [6.45, 7) is 3.85. The Labute approximate surface area is 193 Å². The third-order valence-electron chi connectivity index (χ3n) is 4.80. The van der Waals surface area contributed by atoms with Gasteiger partial charge < -0.3 is 15.4 Å². The first-order valence-corrected chi connectivity index (χ1v) is 11.5. The summed E-state index contributed by atoms with van der Waals surface area (Å²) >= 11 is 1.36. The quantitative estimate of drug-likeness (QED) is 0.460. The average molecular weight is 449 g/mol. The zero-order valence-electron chi connectivity index (χ0n) is 18.5. The summed E-state index contributed by atoms with van der Waals surface area (Å²) in [6, 6.07) is 24.6. The maximum atomic E-state index is 13.3. The van der Waals surface area contributed by atoms with Gasteiger partial charge in [0.15, 0.2) is 0 Å². The van der Waals surface area contributed by atoms with Crippen LogP contribution in [0, 0.1) is 0 Å². The van der Waals surface area contributed by atoms with Crippen LogP contribution < -0.4 is 15.4 Å². The zero-order valence-corrected chi connectivity index (χ0v) is 19.3. The average Bonchev–Trinajstić information content (AvgIpc) is 2.81. The van der Waals surface area contributed by atoms with Crippen molar-refractivity contribution in [3.8, 4) is 5.75 Å². The number of rotatable bonds is 9. The maximum Gasteiger partial charge on any atom is 0.253 e. The molecule has 166 valence electrons. The van der Waals surface area contributed by atoms with Crippen LogP contribution in [0.5, 0.6) is 5.75 Å². The van der Waals surface area contributed by atoms with Gasteiger partial charge in [0.05, 0.1) is 24.5 Å². The number of thioether (sulfide) groups is 1. The van der Waals surface area contributed by atoms with Gasteiger partial charge in [-0.1, -0.05) is 54.6 Å². The molecule has 0 saturated carbocycles. The molecule has 0 aromatic heterocycles. The summed E-state index contributed by atoms with van der Waals surface area (Å²) in [5.74, 6) is 0.763. The van der Waals surface area contributed by atoms with Crippen molar-refractivity contribution in [3.05, 3.63) is 95.6 Å². The highest BCUT2D eigenvalue weighted by molar-refractivity contribution is 8.00. The Morgan fingerprint density at radius 3 is 2.12 bits per heavy atom. The van der Waals surface area contributed by atoms with Gasteiger partial charge in [-0.25, -0.2) is 0 Å². The molecule has 3 aromatic rings. The molecular weight excluding hydrogens is 420 g/mol. The van der Waals surface area contributed by atoms with Gasteiger partial charge in [0.25, 0.3) is 5.91 Å². The van der Waals surface area contributed by atoms with E-state index in [0.29, 0.717) is 5.56 Å². The number of benzene rings is 3. The summed E-state index contributed by atoms with van der Waals surface area (Å²) < 4.78 is 5.27. The van der Waals surface area contributed by atoms with Gasteiger partial charge in [0, 0.05) is 10.9 Å². The van der Waals surface area contributed by atoms with Crippen LogP contribution in [0.25, 0.3) is 0 Å². The fourth-order valence-electron chi connectivity index (χ4n) is 3.30. The fourth-order valence-corrected chi connectivity index (χ4v) is 4.16. The second kappa shape index (κ2) is 11.4. The predicted molar refractivity (Wildman–Crippen MR) is 129 cm³/mol. The lowest BCUT2D eigenvalue weighted by molar-refractivity contribution is -0.119. The number of carbonyl (C=O) groups is 2. The Bertz CT molecular complexity index is 1040. The topological polar surface area (TPSA) is 67.4 Å². The Balaban J connectivity index is 1.83. The molecule has 5 nitrogen and oxygen atoms in total. The first-order chi connectivity index (χ1) is 15.5. The summed E-state index contributed by atoms with van der Waals surface area (Å²) in [7, 11) is 1.63. The van der Waals surface area contributed by atoms with Crippen molar-refractivity contribution in [3.63, 3.8) is 0 Å². The van der Waals surface area contributed by atoms with Crippen molar-refractivity contribution in [1.29, 1.82) is 0 Å². The molecule has 32 heavy (non-hydrogen) atoms. The molecule has 2 N–H and O–H groups in total. The van der Waals surface area contributed by atoms with E-state index in [1.807, 2.05) is 86.6 Å². The van der Waals surface area contributed by atoms with Crippen molar-refractivity contribution in [2.24, 2.45) is 0 Å². The van der Waals surface area contributed by atoms with E-state index in [0.717, 1.165) is 21.8 Å². The second-order valence-electron chi connectivity index (χ2n) is 7.60. The first-order valence-electron chi connectivity index (χ1n) is 10.5. The lowest BCUT2D eigenvalue weighted by Gasteiger charge is -2.21. The zero-order chi connectivity index (χ0) is 22.9. The number of methoxy groups -OCH3 is 1. The van der Waals surface area contributed by atoms with Crippen LogP contribution in [0.1, 0.15) is 41.4 Å². The lowest BCUT2D eigenvalue weighted by Crippen LogP contribution is -2.32. The molecule has 0 fully saturated rings. The van der Waals surface area contributed by atoms with E-state index in [2.05, 4.69) is 10.6 Å². The molecule has 0 heterocycles. The third-order valence-corrected chi connectivity index (χ3v) is 5.87. The molecule has 0 unspecified atom stereocenters. The molecule has 0 aliphatic rings. The van der Waals surface area contributed by atoms with E-state index in [9.17, 15) is 9.59 Å². The fraction of sp³-hybridized carbons (Fsp3) is 0.231. The standard InChI is InChI=1S/C26H28N2O3S/c1-18(2)27-24(29)17-32-23-12-8-7-11-22(23)26(30)28-25(19-9-5-4-6-10-19)20-13-15-21(31-3)16-14-20/h4-16,18,25H,17H2,1-3H3,(H,27,29)(H,28,30)/t25-/m1/s1. The van der Waals surface area contributed by atoms with Crippen molar-refractivity contribution in [1.82, 2.24) is 10.6 Å². The van der Waals surface area contributed by atoms with Gasteiger partial charge in [0.2, 0.25) is 5.91 Å². The van der Waals surface area contributed by atoms with Crippen molar-refractivity contribution >= 4 is 23.6 Å². The molecule has 0 radical (unpaired) electrons. The molecule has 1 atom stereocenters. The van der Waals surface area contributed by atoms with Crippen LogP contribution >= 0.6 is 11.8 Å². The molecule has 0 spiro atoms. The van der Waals surface area contributed by atoms with Gasteiger partial charge in [-0.15, -0.1) is 11.8 Å². The number of hydrogen-bond acceptors (Lipinski definition) is 4. The van der Waals surface area contributed by atoms with E-state index >= 15 is 0 Å². The Kier molecular flexibility index (Phi) is 8.34. The summed E-state index contributed by atoms with van der Waals surface area (Å²) in [6.07, 6.45) is 0. The van der Waals surface area contributed by atoms with Crippen molar-refractivity contribution < 1.29 is 14.3 Å². The SMILES string of the molecule is COc1ccc([C@H](NC(=O)c2ccccc2SCC(=O)NC(C)C)c2ccccc2)cc1.